The monoisotopic (exact) mass is 320 g/mol. The first kappa shape index (κ1) is 16.1. The van der Waals surface area contributed by atoms with E-state index in [0.717, 1.165) is 43.8 Å². The molecule has 23 heavy (non-hydrogen) atoms. The summed E-state index contributed by atoms with van der Waals surface area (Å²) >= 11 is 0. The van der Waals surface area contributed by atoms with E-state index in [0.29, 0.717) is 19.6 Å². The lowest BCUT2D eigenvalue weighted by Gasteiger charge is -2.43. The van der Waals surface area contributed by atoms with Crippen LogP contribution in [0.2, 0.25) is 0 Å². The van der Waals surface area contributed by atoms with Crippen LogP contribution >= 0.6 is 0 Å². The molecule has 1 aromatic rings. The number of carbonyl (C=O) groups is 1. The van der Waals surface area contributed by atoms with Gasteiger partial charge in [0.2, 0.25) is 0 Å². The van der Waals surface area contributed by atoms with Gasteiger partial charge in [-0.3, -0.25) is 0 Å². The topological polar surface area (TPSA) is 60.0 Å². The zero-order valence-corrected chi connectivity index (χ0v) is 13.5. The molecule has 2 fully saturated rings. The summed E-state index contributed by atoms with van der Waals surface area (Å²) in [5.74, 6) is 0.360. The molecule has 0 aromatic heterocycles. The van der Waals surface area contributed by atoms with E-state index in [4.69, 9.17) is 14.2 Å². The van der Waals surface area contributed by atoms with Gasteiger partial charge in [-0.15, -0.1) is 0 Å². The second-order valence-electron chi connectivity index (χ2n) is 5.95. The highest BCUT2D eigenvalue weighted by Gasteiger charge is 2.39. The average molecular weight is 320 g/mol. The van der Waals surface area contributed by atoms with Gasteiger partial charge in [0.1, 0.15) is 5.75 Å². The van der Waals surface area contributed by atoms with Gasteiger partial charge in [-0.1, -0.05) is 12.1 Å². The van der Waals surface area contributed by atoms with Crippen LogP contribution in [0.4, 0.5) is 4.79 Å². The molecule has 1 aromatic carbocycles. The Morgan fingerprint density at radius 3 is 2.48 bits per heavy atom. The van der Waals surface area contributed by atoms with E-state index in [-0.39, 0.29) is 6.03 Å². The first-order chi connectivity index (χ1) is 11.2. The summed E-state index contributed by atoms with van der Waals surface area (Å²) in [6, 6.07) is 7.65. The Kier molecular flexibility index (Phi) is 5.03. The molecule has 126 valence electrons. The highest BCUT2D eigenvalue weighted by atomic mass is 16.7. The fourth-order valence-electron chi connectivity index (χ4n) is 2.99. The second kappa shape index (κ2) is 7.19. The van der Waals surface area contributed by atoms with Gasteiger partial charge in [-0.2, -0.15) is 0 Å². The minimum atomic E-state index is -0.453. The predicted octanol–water partition coefficient (Wildman–Crippen LogP) is 2.13. The largest absolute Gasteiger partial charge is 0.497 e. The van der Waals surface area contributed by atoms with Gasteiger partial charge in [0, 0.05) is 32.5 Å². The highest BCUT2D eigenvalue weighted by Crippen LogP contribution is 2.30. The van der Waals surface area contributed by atoms with Crippen LogP contribution in [0.3, 0.4) is 0 Å². The van der Waals surface area contributed by atoms with Crippen LogP contribution in [0.1, 0.15) is 24.8 Å². The summed E-state index contributed by atoms with van der Waals surface area (Å²) in [4.78, 5) is 14.1. The first-order valence-corrected chi connectivity index (χ1v) is 8.14. The SMILES string of the molecule is COc1ccc(CNC(=O)N2CCC3(CC2)OCCCO3)cc1. The van der Waals surface area contributed by atoms with Gasteiger partial charge >= 0.3 is 6.03 Å². The van der Waals surface area contributed by atoms with Crippen LogP contribution in [0.15, 0.2) is 24.3 Å². The Bertz CT molecular complexity index is 516. The number of rotatable bonds is 3. The third-order valence-electron chi connectivity index (χ3n) is 4.43. The number of piperidine rings is 1. The van der Waals surface area contributed by atoms with Gasteiger partial charge in [-0.25, -0.2) is 4.79 Å². The number of ether oxygens (including phenoxy) is 3. The quantitative estimate of drug-likeness (QED) is 0.927. The molecule has 0 aliphatic carbocycles. The second-order valence-corrected chi connectivity index (χ2v) is 5.95. The van der Waals surface area contributed by atoms with E-state index in [1.165, 1.54) is 0 Å². The minimum absolute atomic E-state index is 0.0357. The molecule has 3 rings (SSSR count). The Balaban J connectivity index is 1.45. The van der Waals surface area contributed by atoms with E-state index in [1.807, 2.05) is 29.2 Å². The summed E-state index contributed by atoms with van der Waals surface area (Å²) in [7, 11) is 1.64. The van der Waals surface area contributed by atoms with Crippen molar-refractivity contribution in [2.24, 2.45) is 0 Å². The molecule has 0 bridgehead atoms. The Hall–Kier alpha value is -1.79. The molecule has 1 N–H and O–H groups in total. The molecule has 2 amide bonds. The molecule has 0 unspecified atom stereocenters. The Morgan fingerprint density at radius 2 is 1.87 bits per heavy atom. The zero-order valence-electron chi connectivity index (χ0n) is 13.5. The number of methoxy groups -OCH3 is 1. The summed E-state index contributed by atoms with van der Waals surface area (Å²) < 4.78 is 16.7. The fourth-order valence-corrected chi connectivity index (χ4v) is 2.99. The summed E-state index contributed by atoms with van der Waals surface area (Å²) in [6.45, 7) is 3.34. The van der Waals surface area contributed by atoms with Crippen molar-refractivity contribution < 1.29 is 19.0 Å². The Labute approximate surface area is 136 Å². The molecule has 0 atom stereocenters. The van der Waals surface area contributed by atoms with E-state index in [2.05, 4.69) is 5.32 Å². The van der Waals surface area contributed by atoms with Crippen LogP contribution in [-0.2, 0) is 16.0 Å². The summed E-state index contributed by atoms with van der Waals surface area (Å²) in [5.41, 5.74) is 1.05. The predicted molar refractivity (Wildman–Crippen MR) is 85.3 cm³/mol. The molecule has 2 aliphatic rings. The molecule has 1 spiro atoms. The molecule has 0 radical (unpaired) electrons. The molecule has 0 saturated carbocycles. The van der Waals surface area contributed by atoms with Crippen molar-refractivity contribution in [2.75, 3.05) is 33.4 Å². The van der Waals surface area contributed by atoms with Crippen molar-refractivity contribution in [2.45, 2.75) is 31.6 Å². The van der Waals surface area contributed by atoms with Crippen LogP contribution < -0.4 is 10.1 Å². The third kappa shape index (κ3) is 3.95. The number of nitrogens with one attached hydrogen (secondary N) is 1. The standard InChI is InChI=1S/C17H24N2O4/c1-21-15-5-3-14(4-6-15)13-18-16(20)19-9-7-17(8-10-19)22-11-2-12-23-17/h3-6H,2,7-13H2,1H3,(H,18,20). The van der Waals surface area contributed by atoms with E-state index >= 15 is 0 Å². The van der Waals surface area contributed by atoms with Gasteiger partial charge in [-0.05, 0) is 24.1 Å². The maximum atomic E-state index is 12.3. The van der Waals surface area contributed by atoms with Gasteiger partial charge in [0.05, 0.1) is 20.3 Å². The summed E-state index contributed by atoms with van der Waals surface area (Å²) in [5, 5.41) is 2.96. The van der Waals surface area contributed by atoms with Crippen LogP contribution in [-0.4, -0.2) is 50.1 Å². The maximum absolute atomic E-state index is 12.3. The Morgan fingerprint density at radius 1 is 1.22 bits per heavy atom. The van der Waals surface area contributed by atoms with Crippen molar-refractivity contribution in [3.8, 4) is 5.75 Å². The van der Waals surface area contributed by atoms with Crippen LogP contribution in [0.5, 0.6) is 5.75 Å². The lowest BCUT2D eigenvalue weighted by molar-refractivity contribution is -0.281. The van der Waals surface area contributed by atoms with E-state index in [1.54, 1.807) is 7.11 Å². The normalized spacial score (nSPS) is 20.3. The van der Waals surface area contributed by atoms with Crippen molar-refractivity contribution in [3.63, 3.8) is 0 Å². The first-order valence-electron chi connectivity index (χ1n) is 8.14. The molecule has 6 heteroatoms. The molecule has 2 aliphatic heterocycles. The number of benzene rings is 1. The molecule has 2 heterocycles. The van der Waals surface area contributed by atoms with Gasteiger partial charge in [0.15, 0.2) is 5.79 Å². The number of amides is 2. The fraction of sp³-hybridized carbons (Fsp3) is 0.588. The van der Waals surface area contributed by atoms with Gasteiger partial charge in [0.25, 0.3) is 0 Å². The zero-order chi connectivity index (χ0) is 16.1. The van der Waals surface area contributed by atoms with Crippen LogP contribution in [0, 0.1) is 0 Å². The summed E-state index contributed by atoms with van der Waals surface area (Å²) in [6.07, 6.45) is 2.43. The smallest absolute Gasteiger partial charge is 0.317 e. The van der Waals surface area contributed by atoms with Crippen molar-refractivity contribution in [1.29, 1.82) is 0 Å². The number of hydrogen-bond acceptors (Lipinski definition) is 4. The van der Waals surface area contributed by atoms with E-state index < -0.39 is 5.79 Å². The maximum Gasteiger partial charge on any atom is 0.317 e. The molecular weight excluding hydrogens is 296 g/mol. The number of urea groups is 1. The average Bonchev–Trinajstić information content (AvgIpc) is 2.61. The third-order valence-corrected chi connectivity index (χ3v) is 4.43. The van der Waals surface area contributed by atoms with Crippen molar-refractivity contribution >= 4 is 6.03 Å². The number of carbonyl (C=O) groups excluding carboxylic acids is 1. The van der Waals surface area contributed by atoms with Crippen LogP contribution in [0.25, 0.3) is 0 Å². The van der Waals surface area contributed by atoms with Crippen molar-refractivity contribution in [3.05, 3.63) is 29.8 Å². The highest BCUT2D eigenvalue weighted by molar-refractivity contribution is 5.74. The van der Waals surface area contributed by atoms with Crippen molar-refractivity contribution in [1.82, 2.24) is 10.2 Å². The lowest BCUT2D eigenvalue weighted by Crippen LogP contribution is -2.53. The molecular formula is C17H24N2O4. The number of likely N-dealkylation sites (tertiary alicyclic amines) is 1. The van der Waals surface area contributed by atoms with Gasteiger partial charge < -0.3 is 24.4 Å². The molecule has 2 saturated heterocycles. The van der Waals surface area contributed by atoms with E-state index in [9.17, 15) is 4.79 Å². The number of hydrogen-bond donors (Lipinski definition) is 1. The number of nitrogens with zero attached hydrogens (tertiary/aromatic N) is 1. The minimum Gasteiger partial charge on any atom is -0.497 e. The lowest BCUT2D eigenvalue weighted by atomic mass is 10.0. The molecule has 6 nitrogen and oxygen atoms in total.